The molecule has 0 aliphatic rings. The molecule has 0 heterocycles. The molecule has 0 radical (unpaired) electrons. The summed E-state index contributed by atoms with van der Waals surface area (Å²) >= 11 is 0. The van der Waals surface area contributed by atoms with Gasteiger partial charge in [0.1, 0.15) is 0 Å². The maximum Gasteiger partial charge on any atom is 0.0109 e. The lowest BCUT2D eigenvalue weighted by Gasteiger charge is -2.26. The van der Waals surface area contributed by atoms with Crippen molar-refractivity contribution in [1.29, 1.82) is 0 Å². The van der Waals surface area contributed by atoms with Gasteiger partial charge in [-0.2, -0.15) is 0 Å². The van der Waals surface area contributed by atoms with E-state index in [4.69, 9.17) is 0 Å². The van der Waals surface area contributed by atoms with E-state index in [0.717, 1.165) is 5.92 Å². The van der Waals surface area contributed by atoms with Crippen LogP contribution in [-0.4, -0.2) is 49.1 Å². The van der Waals surface area contributed by atoms with Crippen LogP contribution in [0.25, 0.3) is 0 Å². The van der Waals surface area contributed by atoms with Gasteiger partial charge in [0.25, 0.3) is 0 Å². The average Bonchev–Trinajstić information content (AvgIpc) is 2.38. The summed E-state index contributed by atoms with van der Waals surface area (Å²) in [6.45, 7) is 18.7. The number of nitrogens with zero attached hydrogens (tertiary/aromatic N) is 2. The second kappa shape index (κ2) is 11.0. The van der Waals surface area contributed by atoms with Crippen LogP contribution in [0.2, 0.25) is 0 Å². The first-order valence-corrected chi connectivity index (χ1v) is 7.66. The van der Waals surface area contributed by atoms with Crippen molar-refractivity contribution in [1.82, 2.24) is 9.80 Å². The molecule has 104 valence electrons. The molecule has 0 unspecified atom stereocenters. The summed E-state index contributed by atoms with van der Waals surface area (Å²) in [6.07, 6.45) is 4.05. The Balaban J connectivity index is 3.82. The van der Waals surface area contributed by atoms with Gasteiger partial charge >= 0.3 is 0 Å². The van der Waals surface area contributed by atoms with E-state index >= 15 is 0 Å². The maximum absolute atomic E-state index is 2.61. The number of likely N-dealkylation sites (N-methyl/N-ethyl adjacent to an activating group) is 2. The smallest absolute Gasteiger partial charge is 0.0109 e. The third-order valence-electron chi connectivity index (χ3n) is 4.08. The number of hydrogen-bond acceptors (Lipinski definition) is 2. The van der Waals surface area contributed by atoms with Gasteiger partial charge < -0.3 is 9.80 Å². The van der Waals surface area contributed by atoms with E-state index in [1.54, 1.807) is 0 Å². The average molecular weight is 242 g/mol. The Bertz CT molecular complexity index is 135. The maximum atomic E-state index is 2.61. The molecule has 2 nitrogen and oxygen atoms in total. The summed E-state index contributed by atoms with van der Waals surface area (Å²) in [5.41, 5.74) is 0. The fourth-order valence-electron chi connectivity index (χ4n) is 2.31. The molecule has 0 N–H and O–H groups in total. The van der Waals surface area contributed by atoms with E-state index in [2.05, 4.69) is 44.4 Å². The van der Waals surface area contributed by atoms with Crippen molar-refractivity contribution >= 4 is 0 Å². The van der Waals surface area contributed by atoms with Gasteiger partial charge in [0.2, 0.25) is 0 Å². The van der Waals surface area contributed by atoms with Crippen molar-refractivity contribution in [3.8, 4) is 0 Å². The van der Waals surface area contributed by atoms with Crippen LogP contribution in [0.1, 0.15) is 53.9 Å². The third kappa shape index (κ3) is 7.77. The molecule has 0 saturated heterocycles. The molecular formula is C15H34N2. The third-order valence-corrected chi connectivity index (χ3v) is 4.08. The van der Waals surface area contributed by atoms with E-state index in [9.17, 15) is 0 Å². The molecule has 0 rings (SSSR count). The van der Waals surface area contributed by atoms with Crippen LogP contribution in [-0.2, 0) is 0 Å². The lowest BCUT2D eigenvalue weighted by Crippen LogP contribution is -2.36. The molecule has 0 aliphatic carbocycles. The summed E-state index contributed by atoms with van der Waals surface area (Å²) in [6, 6.07) is 0. The predicted molar refractivity (Wildman–Crippen MR) is 78.6 cm³/mol. The van der Waals surface area contributed by atoms with E-state index < -0.39 is 0 Å². The topological polar surface area (TPSA) is 6.48 Å². The Labute approximate surface area is 109 Å². The van der Waals surface area contributed by atoms with Gasteiger partial charge in [0.15, 0.2) is 0 Å². The molecule has 0 bridgehead atoms. The Kier molecular flexibility index (Phi) is 11.0. The lowest BCUT2D eigenvalue weighted by molar-refractivity contribution is 0.208. The summed E-state index contributed by atoms with van der Waals surface area (Å²) in [5, 5.41) is 0. The normalized spacial score (nSPS) is 12.0. The minimum absolute atomic E-state index is 0.928. The molecule has 0 saturated carbocycles. The molecule has 0 fully saturated rings. The Morgan fingerprint density at radius 2 is 1.12 bits per heavy atom. The zero-order chi connectivity index (χ0) is 13.1. The fourth-order valence-corrected chi connectivity index (χ4v) is 2.31. The molecule has 0 spiro atoms. The molecule has 0 amide bonds. The highest BCUT2D eigenvalue weighted by atomic mass is 15.2. The van der Waals surface area contributed by atoms with Crippen molar-refractivity contribution in [3.63, 3.8) is 0 Å². The summed E-state index contributed by atoms with van der Waals surface area (Å²) in [4.78, 5) is 5.12. The Morgan fingerprint density at radius 1 is 0.647 bits per heavy atom. The zero-order valence-electron chi connectivity index (χ0n) is 12.8. The van der Waals surface area contributed by atoms with Crippen LogP contribution in [0.5, 0.6) is 0 Å². The second-order valence-corrected chi connectivity index (χ2v) is 4.93. The van der Waals surface area contributed by atoms with E-state index in [0.29, 0.717) is 0 Å². The van der Waals surface area contributed by atoms with E-state index in [1.165, 1.54) is 58.5 Å². The lowest BCUT2D eigenvalue weighted by atomic mass is 9.99. The standard InChI is InChI=1S/C15H34N2/c1-6-15(7-2)11-12-17(10-5)14-13-16(8-3)9-4/h15H,6-14H2,1-5H3. The van der Waals surface area contributed by atoms with Gasteiger partial charge in [-0.05, 0) is 38.5 Å². The summed E-state index contributed by atoms with van der Waals surface area (Å²) < 4.78 is 0. The van der Waals surface area contributed by atoms with Crippen molar-refractivity contribution in [2.75, 3.05) is 39.3 Å². The van der Waals surface area contributed by atoms with Crippen LogP contribution in [0, 0.1) is 5.92 Å². The van der Waals surface area contributed by atoms with E-state index in [-0.39, 0.29) is 0 Å². The number of rotatable bonds is 11. The molecule has 0 aromatic carbocycles. The summed E-state index contributed by atoms with van der Waals surface area (Å²) in [7, 11) is 0. The molecule has 2 heteroatoms. The van der Waals surface area contributed by atoms with Gasteiger partial charge in [0, 0.05) is 13.1 Å². The zero-order valence-corrected chi connectivity index (χ0v) is 12.8. The first-order chi connectivity index (χ1) is 8.21. The minimum Gasteiger partial charge on any atom is -0.303 e. The van der Waals surface area contributed by atoms with Gasteiger partial charge in [-0.15, -0.1) is 0 Å². The highest BCUT2D eigenvalue weighted by Gasteiger charge is 2.08. The van der Waals surface area contributed by atoms with Gasteiger partial charge in [-0.25, -0.2) is 0 Å². The van der Waals surface area contributed by atoms with Crippen LogP contribution < -0.4 is 0 Å². The van der Waals surface area contributed by atoms with Crippen LogP contribution in [0.3, 0.4) is 0 Å². The van der Waals surface area contributed by atoms with Gasteiger partial charge in [0.05, 0.1) is 0 Å². The van der Waals surface area contributed by atoms with Crippen LogP contribution in [0.15, 0.2) is 0 Å². The van der Waals surface area contributed by atoms with Crippen LogP contribution >= 0.6 is 0 Å². The first kappa shape index (κ1) is 16.9. The van der Waals surface area contributed by atoms with Crippen molar-refractivity contribution in [2.24, 2.45) is 5.92 Å². The highest BCUT2D eigenvalue weighted by molar-refractivity contribution is 4.63. The van der Waals surface area contributed by atoms with Crippen molar-refractivity contribution in [3.05, 3.63) is 0 Å². The molecule has 0 aliphatic heterocycles. The largest absolute Gasteiger partial charge is 0.303 e. The Morgan fingerprint density at radius 3 is 1.53 bits per heavy atom. The molecule has 17 heavy (non-hydrogen) atoms. The predicted octanol–water partition coefficient (Wildman–Crippen LogP) is 3.48. The van der Waals surface area contributed by atoms with Gasteiger partial charge in [-0.3, -0.25) is 0 Å². The summed E-state index contributed by atoms with van der Waals surface area (Å²) in [5.74, 6) is 0.928. The van der Waals surface area contributed by atoms with Crippen molar-refractivity contribution < 1.29 is 0 Å². The number of hydrogen-bond donors (Lipinski definition) is 0. The first-order valence-electron chi connectivity index (χ1n) is 7.66. The molecular weight excluding hydrogens is 208 g/mol. The van der Waals surface area contributed by atoms with Crippen LogP contribution in [0.4, 0.5) is 0 Å². The Hall–Kier alpha value is -0.0800. The van der Waals surface area contributed by atoms with Crippen molar-refractivity contribution in [2.45, 2.75) is 53.9 Å². The monoisotopic (exact) mass is 242 g/mol. The van der Waals surface area contributed by atoms with E-state index in [1.807, 2.05) is 0 Å². The SMILES string of the molecule is CCC(CC)CCN(CC)CCN(CC)CC. The fraction of sp³-hybridized carbons (Fsp3) is 1.00. The molecule has 0 atom stereocenters. The molecule has 0 aromatic heterocycles. The quantitative estimate of drug-likeness (QED) is 0.547. The highest BCUT2D eigenvalue weighted by Crippen LogP contribution is 2.12. The molecule has 0 aromatic rings. The minimum atomic E-state index is 0.928. The van der Waals surface area contributed by atoms with Gasteiger partial charge in [-0.1, -0.05) is 47.5 Å². The second-order valence-electron chi connectivity index (χ2n) is 4.93.